The summed E-state index contributed by atoms with van der Waals surface area (Å²) in [6, 6.07) is 27.0. The van der Waals surface area contributed by atoms with Crippen LogP contribution in [0.2, 0.25) is 0 Å². The lowest BCUT2D eigenvalue weighted by atomic mass is 10.1. The molecule has 0 saturated heterocycles. The maximum Gasteiger partial charge on any atom is 0.307 e. The lowest BCUT2D eigenvalue weighted by Gasteiger charge is -2.13. The Morgan fingerprint density at radius 1 is 0.842 bits per heavy atom. The van der Waals surface area contributed by atoms with Crippen molar-refractivity contribution < 1.29 is 23.4 Å². The number of nitrogens with one attached hydrogen (secondary N) is 1. The van der Waals surface area contributed by atoms with Crippen molar-refractivity contribution in [2.45, 2.75) is 20.5 Å². The van der Waals surface area contributed by atoms with E-state index < -0.39 is 5.91 Å². The van der Waals surface area contributed by atoms with E-state index in [1.807, 2.05) is 56.3 Å². The van der Waals surface area contributed by atoms with Crippen molar-refractivity contribution >= 4 is 33.9 Å². The maximum atomic E-state index is 12.6. The van der Waals surface area contributed by atoms with Crippen LogP contribution in [0.15, 0.2) is 94.4 Å². The van der Waals surface area contributed by atoms with Gasteiger partial charge >= 0.3 is 5.91 Å². The normalized spacial score (nSPS) is 11.2. The second kappa shape index (κ2) is 11.5. The van der Waals surface area contributed by atoms with Gasteiger partial charge in [0.05, 0.1) is 19.4 Å². The number of hydrogen-bond acceptors (Lipinski definition) is 6. The zero-order chi connectivity index (χ0) is 26.3. The van der Waals surface area contributed by atoms with E-state index in [1.165, 1.54) is 5.39 Å². The number of carbonyl (C=O) groups is 1. The Bertz CT molecular complexity index is 1600. The van der Waals surface area contributed by atoms with Crippen LogP contribution in [0.25, 0.3) is 21.7 Å². The zero-order valence-corrected chi connectivity index (χ0v) is 21.3. The molecule has 4 aromatic carbocycles. The van der Waals surface area contributed by atoms with Crippen LogP contribution in [-0.4, -0.2) is 25.3 Å². The van der Waals surface area contributed by atoms with Crippen LogP contribution in [0.4, 0.5) is 0 Å². The van der Waals surface area contributed by atoms with Gasteiger partial charge in [0.25, 0.3) is 0 Å². The topological polar surface area (TPSA) is 82.3 Å². The minimum absolute atomic E-state index is 0.165. The van der Waals surface area contributed by atoms with Gasteiger partial charge in [-0.2, -0.15) is 5.10 Å². The first kappa shape index (κ1) is 24.9. The molecule has 192 valence electrons. The van der Waals surface area contributed by atoms with Gasteiger partial charge < -0.3 is 18.6 Å². The van der Waals surface area contributed by atoms with E-state index in [0.29, 0.717) is 36.9 Å². The highest BCUT2D eigenvalue weighted by Crippen LogP contribution is 2.30. The Hall–Kier alpha value is -4.78. The molecule has 1 amide bonds. The Morgan fingerprint density at radius 3 is 2.55 bits per heavy atom. The number of amides is 1. The molecular weight excluding hydrogens is 480 g/mol. The minimum atomic E-state index is -0.449. The second-order valence-electron chi connectivity index (χ2n) is 8.51. The third-order valence-corrected chi connectivity index (χ3v) is 5.93. The number of hydrazone groups is 1. The van der Waals surface area contributed by atoms with Gasteiger partial charge in [-0.05, 0) is 78.2 Å². The van der Waals surface area contributed by atoms with Gasteiger partial charge in [-0.3, -0.25) is 4.79 Å². The SMILES string of the molecule is CCOc1ccc2oc(C(=O)N/N=C/c3ccc(OCc4cccc5ccccc45)c(OCC)c3)cc2c1. The summed E-state index contributed by atoms with van der Waals surface area (Å²) < 4.78 is 23.1. The molecule has 0 unspecified atom stereocenters. The zero-order valence-electron chi connectivity index (χ0n) is 21.3. The van der Waals surface area contributed by atoms with Gasteiger partial charge in [0.2, 0.25) is 0 Å². The molecule has 1 aromatic heterocycles. The van der Waals surface area contributed by atoms with Gasteiger partial charge in [0.15, 0.2) is 17.3 Å². The Morgan fingerprint density at radius 2 is 1.68 bits per heavy atom. The molecular formula is C31H28N2O5. The summed E-state index contributed by atoms with van der Waals surface area (Å²) in [6.45, 7) is 5.29. The summed E-state index contributed by atoms with van der Waals surface area (Å²) >= 11 is 0. The molecule has 7 heteroatoms. The maximum absolute atomic E-state index is 12.6. The molecule has 0 aliphatic carbocycles. The third kappa shape index (κ3) is 5.62. The molecule has 1 heterocycles. The van der Waals surface area contributed by atoms with E-state index in [-0.39, 0.29) is 5.76 Å². The fraction of sp³-hybridized carbons (Fsp3) is 0.161. The molecule has 0 aliphatic rings. The average molecular weight is 509 g/mol. The van der Waals surface area contributed by atoms with Crippen LogP contribution in [-0.2, 0) is 6.61 Å². The highest BCUT2D eigenvalue weighted by atomic mass is 16.5. The van der Waals surface area contributed by atoms with E-state index >= 15 is 0 Å². The Kier molecular flexibility index (Phi) is 7.54. The number of furan rings is 1. The molecule has 0 bridgehead atoms. The van der Waals surface area contributed by atoms with Gasteiger partial charge in [0, 0.05) is 5.39 Å². The minimum Gasteiger partial charge on any atom is -0.494 e. The number of carbonyl (C=O) groups excluding carboxylic acids is 1. The lowest BCUT2D eigenvalue weighted by Crippen LogP contribution is -2.16. The third-order valence-electron chi connectivity index (χ3n) is 5.93. The van der Waals surface area contributed by atoms with Crippen LogP contribution in [0.1, 0.15) is 35.5 Å². The number of ether oxygens (including phenoxy) is 3. The number of benzene rings is 4. The van der Waals surface area contributed by atoms with Crippen LogP contribution >= 0.6 is 0 Å². The monoisotopic (exact) mass is 508 g/mol. The number of rotatable bonds is 10. The van der Waals surface area contributed by atoms with E-state index in [4.69, 9.17) is 18.6 Å². The van der Waals surface area contributed by atoms with Crippen molar-refractivity contribution in [3.05, 3.63) is 102 Å². The van der Waals surface area contributed by atoms with Gasteiger partial charge in [-0.1, -0.05) is 42.5 Å². The molecule has 38 heavy (non-hydrogen) atoms. The first-order valence-corrected chi connectivity index (χ1v) is 12.5. The molecule has 0 spiro atoms. The highest BCUT2D eigenvalue weighted by Gasteiger charge is 2.13. The van der Waals surface area contributed by atoms with Gasteiger partial charge in [-0.25, -0.2) is 5.43 Å². The number of fused-ring (bicyclic) bond motifs is 2. The van der Waals surface area contributed by atoms with Crippen LogP contribution in [0, 0.1) is 0 Å². The molecule has 0 saturated carbocycles. The van der Waals surface area contributed by atoms with Crippen molar-refractivity contribution in [2.75, 3.05) is 13.2 Å². The fourth-order valence-electron chi connectivity index (χ4n) is 4.18. The first-order chi connectivity index (χ1) is 18.6. The smallest absolute Gasteiger partial charge is 0.307 e. The molecule has 0 atom stereocenters. The predicted molar refractivity (Wildman–Crippen MR) is 148 cm³/mol. The predicted octanol–water partition coefficient (Wildman–Crippen LogP) is 6.73. The first-order valence-electron chi connectivity index (χ1n) is 12.5. The summed E-state index contributed by atoms with van der Waals surface area (Å²) in [6.07, 6.45) is 1.55. The molecule has 0 fully saturated rings. The lowest BCUT2D eigenvalue weighted by molar-refractivity contribution is 0.0929. The highest BCUT2D eigenvalue weighted by molar-refractivity contribution is 5.96. The molecule has 0 aliphatic heterocycles. The van der Waals surface area contributed by atoms with Crippen molar-refractivity contribution in [1.29, 1.82) is 0 Å². The second-order valence-corrected chi connectivity index (χ2v) is 8.51. The Labute approximate surface area is 220 Å². The summed E-state index contributed by atoms with van der Waals surface area (Å²) in [5, 5.41) is 7.20. The molecule has 5 aromatic rings. The molecule has 0 radical (unpaired) electrons. The summed E-state index contributed by atoms with van der Waals surface area (Å²) in [7, 11) is 0. The van der Waals surface area contributed by atoms with Crippen LogP contribution in [0.3, 0.4) is 0 Å². The van der Waals surface area contributed by atoms with Gasteiger partial charge in [0.1, 0.15) is 17.9 Å². The van der Waals surface area contributed by atoms with Crippen LogP contribution in [0.5, 0.6) is 17.2 Å². The standard InChI is InChI=1S/C31H28N2O5/c1-3-35-25-13-15-27-24(17-25)18-30(38-27)31(34)33-32-19-21-12-14-28(29(16-21)36-4-2)37-20-23-10-7-9-22-8-5-6-11-26(22)23/h5-19H,3-4,20H2,1-2H3,(H,33,34)/b32-19+. The average Bonchev–Trinajstić information content (AvgIpc) is 3.37. The molecule has 5 rings (SSSR count). The van der Waals surface area contributed by atoms with E-state index in [9.17, 15) is 4.79 Å². The Balaban J connectivity index is 1.26. The fourth-order valence-corrected chi connectivity index (χ4v) is 4.18. The summed E-state index contributed by atoms with van der Waals surface area (Å²) in [4.78, 5) is 12.6. The van der Waals surface area contributed by atoms with E-state index in [0.717, 1.165) is 27.6 Å². The van der Waals surface area contributed by atoms with E-state index in [1.54, 1.807) is 24.4 Å². The summed E-state index contributed by atoms with van der Waals surface area (Å²) in [5.41, 5.74) is 4.95. The van der Waals surface area contributed by atoms with Crippen molar-refractivity contribution in [2.24, 2.45) is 5.10 Å². The molecule has 7 nitrogen and oxygen atoms in total. The summed E-state index contributed by atoms with van der Waals surface area (Å²) in [5.74, 6) is 1.67. The largest absolute Gasteiger partial charge is 0.494 e. The van der Waals surface area contributed by atoms with E-state index in [2.05, 4.69) is 34.8 Å². The van der Waals surface area contributed by atoms with Crippen molar-refractivity contribution in [1.82, 2.24) is 5.43 Å². The number of hydrogen-bond donors (Lipinski definition) is 1. The molecule has 1 N–H and O–H groups in total. The number of nitrogens with zero attached hydrogens (tertiary/aromatic N) is 1. The quantitative estimate of drug-likeness (QED) is 0.167. The van der Waals surface area contributed by atoms with Crippen LogP contribution < -0.4 is 19.6 Å². The van der Waals surface area contributed by atoms with Gasteiger partial charge in [-0.15, -0.1) is 0 Å². The van der Waals surface area contributed by atoms with Crippen molar-refractivity contribution in [3.8, 4) is 17.2 Å². The van der Waals surface area contributed by atoms with Crippen molar-refractivity contribution in [3.63, 3.8) is 0 Å².